The van der Waals surface area contributed by atoms with Gasteiger partial charge in [0.2, 0.25) is 5.91 Å². The maximum atomic E-state index is 13.2. The number of fused-ring (bicyclic) bond motifs is 1. The molecule has 146 valence electrons. The van der Waals surface area contributed by atoms with Crippen LogP contribution in [-0.2, 0) is 16.0 Å². The minimum absolute atomic E-state index is 0.0316. The lowest BCUT2D eigenvalue weighted by Gasteiger charge is -2.23. The molecule has 1 amide bonds. The van der Waals surface area contributed by atoms with E-state index in [2.05, 4.69) is 0 Å². The Bertz CT molecular complexity index is 985. The molecule has 0 radical (unpaired) electrons. The summed E-state index contributed by atoms with van der Waals surface area (Å²) in [7, 11) is 1.63. The van der Waals surface area contributed by atoms with E-state index in [4.69, 9.17) is 26.1 Å². The van der Waals surface area contributed by atoms with Crippen molar-refractivity contribution < 1.29 is 14.3 Å². The van der Waals surface area contributed by atoms with Crippen LogP contribution in [0.4, 0.5) is 5.13 Å². The highest BCUT2D eigenvalue weighted by molar-refractivity contribution is 7.22. The van der Waals surface area contributed by atoms with Crippen molar-refractivity contribution in [1.29, 1.82) is 0 Å². The standard InChI is InChI=1S/C21H21ClN2O3S/c1-26-17-9-4-10-18-20(17)23-21(28-18)24(13-15-7-5-11-27-15)19(25)12-14-6-2-3-8-16(14)22/h2-4,6,8-10,15H,5,7,11-13H2,1H3. The first-order valence-electron chi connectivity index (χ1n) is 9.24. The fraction of sp³-hybridized carbons (Fsp3) is 0.333. The molecule has 1 aliphatic heterocycles. The van der Waals surface area contributed by atoms with Gasteiger partial charge in [-0.1, -0.05) is 47.2 Å². The van der Waals surface area contributed by atoms with Crippen molar-refractivity contribution in [2.75, 3.05) is 25.2 Å². The molecular formula is C21H21ClN2O3S. The normalized spacial score (nSPS) is 16.4. The zero-order valence-electron chi connectivity index (χ0n) is 15.6. The molecule has 2 aromatic carbocycles. The Hall–Kier alpha value is -2.15. The molecule has 28 heavy (non-hydrogen) atoms. The molecule has 0 aliphatic carbocycles. The number of aromatic nitrogens is 1. The summed E-state index contributed by atoms with van der Waals surface area (Å²) >= 11 is 7.75. The molecule has 1 aromatic heterocycles. The second-order valence-electron chi connectivity index (χ2n) is 6.71. The summed E-state index contributed by atoms with van der Waals surface area (Å²) in [5.74, 6) is 0.664. The largest absolute Gasteiger partial charge is 0.494 e. The Morgan fingerprint density at radius 2 is 2.18 bits per heavy atom. The number of methoxy groups -OCH3 is 1. The lowest BCUT2D eigenvalue weighted by atomic mass is 10.1. The van der Waals surface area contributed by atoms with E-state index < -0.39 is 0 Å². The average molecular weight is 417 g/mol. The van der Waals surface area contributed by atoms with E-state index >= 15 is 0 Å². The molecule has 0 saturated carbocycles. The third-order valence-electron chi connectivity index (χ3n) is 4.83. The van der Waals surface area contributed by atoms with Crippen LogP contribution in [0.2, 0.25) is 5.02 Å². The van der Waals surface area contributed by atoms with Gasteiger partial charge in [0, 0.05) is 11.6 Å². The van der Waals surface area contributed by atoms with E-state index in [1.165, 1.54) is 11.3 Å². The number of benzene rings is 2. The van der Waals surface area contributed by atoms with Gasteiger partial charge >= 0.3 is 0 Å². The topological polar surface area (TPSA) is 51.7 Å². The number of halogens is 1. The molecule has 5 nitrogen and oxygen atoms in total. The SMILES string of the molecule is COc1cccc2sc(N(CC3CCCO3)C(=O)Cc3ccccc3Cl)nc12. The molecule has 3 aromatic rings. The number of hydrogen-bond acceptors (Lipinski definition) is 5. The number of carbonyl (C=O) groups is 1. The summed E-state index contributed by atoms with van der Waals surface area (Å²) < 4.78 is 12.2. The minimum Gasteiger partial charge on any atom is -0.494 e. The predicted octanol–water partition coefficient (Wildman–Crippen LogP) is 4.71. The molecule has 1 unspecified atom stereocenters. The van der Waals surface area contributed by atoms with Gasteiger partial charge in [-0.2, -0.15) is 0 Å². The van der Waals surface area contributed by atoms with Crippen LogP contribution in [0.1, 0.15) is 18.4 Å². The van der Waals surface area contributed by atoms with Gasteiger partial charge in [0.25, 0.3) is 0 Å². The molecule has 0 spiro atoms. The van der Waals surface area contributed by atoms with Crippen LogP contribution in [0.15, 0.2) is 42.5 Å². The summed E-state index contributed by atoms with van der Waals surface area (Å²) in [4.78, 5) is 19.7. The fourth-order valence-corrected chi connectivity index (χ4v) is 4.58. The van der Waals surface area contributed by atoms with E-state index in [1.54, 1.807) is 18.1 Å². The van der Waals surface area contributed by atoms with Gasteiger partial charge in [0.15, 0.2) is 5.13 Å². The van der Waals surface area contributed by atoms with Crippen LogP contribution in [0, 0.1) is 0 Å². The molecule has 1 aliphatic rings. The highest BCUT2D eigenvalue weighted by Crippen LogP contribution is 2.35. The first-order valence-corrected chi connectivity index (χ1v) is 10.4. The summed E-state index contributed by atoms with van der Waals surface area (Å²) in [5.41, 5.74) is 1.58. The van der Waals surface area contributed by atoms with Gasteiger partial charge in [-0.3, -0.25) is 9.69 Å². The Morgan fingerprint density at radius 3 is 2.93 bits per heavy atom. The highest BCUT2D eigenvalue weighted by Gasteiger charge is 2.27. The second-order valence-corrected chi connectivity index (χ2v) is 8.13. The quantitative estimate of drug-likeness (QED) is 0.583. The molecule has 4 rings (SSSR count). The lowest BCUT2D eigenvalue weighted by Crippen LogP contribution is -2.38. The second kappa shape index (κ2) is 8.47. The molecule has 2 heterocycles. The minimum atomic E-state index is -0.0402. The summed E-state index contributed by atoms with van der Waals surface area (Å²) in [6.45, 7) is 1.23. The summed E-state index contributed by atoms with van der Waals surface area (Å²) in [6, 6.07) is 13.2. The number of anilines is 1. The van der Waals surface area contributed by atoms with Gasteiger partial charge in [-0.25, -0.2) is 4.98 Å². The molecule has 0 bridgehead atoms. The van der Waals surface area contributed by atoms with Crippen molar-refractivity contribution in [1.82, 2.24) is 4.98 Å². The van der Waals surface area contributed by atoms with E-state index in [1.807, 2.05) is 36.4 Å². The van der Waals surface area contributed by atoms with Crippen molar-refractivity contribution in [3.05, 3.63) is 53.1 Å². The van der Waals surface area contributed by atoms with Crippen molar-refractivity contribution in [2.45, 2.75) is 25.4 Å². The van der Waals surface area contributed by atoms with E-state index in [9.17, 15) is 4.79 Å². The van der Waals surface area contributed by atoms with Crippen LogP contribution in [-0.4, -0.2) is 37.3 Å². The Kier molecular flexibility index (Phi) is 5.80. The molecule has 1 atom stereocenters. The Labute approximate surface area is 172 Å². The van der Waals surface area contributed by atoms with Gasteiger partial charge in [0.05, 0.1) is 30.9 Å². The lowest BCUT2D eigenvalue weighted by molar-refractivity contribution is -0.118. The third-order valence-corrected chi connectivity index (χ3v) is 6.24. The van der Waals surface area contributed by atoms with Gasteiger partial charge in [-0.15, -0.1) is 0 Å². The van der Waals surface area contributed by atoms with Crippen LogP contribution in [0.25, 0.3) is 10.2 Å². The number of hydrogen-bond donors (Lipinski definition) is 0. The van der Waals surface area contributed by atoms with Crippen molar-refractivity contribution in [2.24, 2.45) is 0 Å². The van der Waals surface area contributed by atoms with Crippen molar-refractivity contribution >= 4 is 44.2 Å². The number of carbonyl (C=O) groups excluding carboxylic acids is 1. The monoisotopic (exact) mass is 416 g/mol. The Balaban J connectivity index is 1.67. The number of para-hydroxylation sites is 1. The highest BCUT2D eigenvalue weighted by atomic mass is 35.5. The third kappa shape index (κ3) is 3.99. The van der Waals surface area contributed by atoms with Crippen LogP contribution >= 0.6 is 22.9 Å². The Morgan fingerprint density at radius 1 is 1.32 bits per heavy atom. The molecule has 7 heteroatoms. The predicted molar refractivity (Wildman–Crippen MR) is 113 cm³/mol. The first kappa shape index (κ1) is 19.2. The van der Waals surface area contributed by atoms with Crippen LogP contribution < -0.4 is 9.64 Å². The van der Waals surface area contributed by atoms with E-state index in [0.29, 0.717) is 22.4 Å². The zero-order chi connectivity index (χ0) is 19.5. The number of nitrogens with zero attached hydrogens (tertiary/aromatic N) is 2. The van der Waals surface area contributed by atoms with E-state index in [-0.39, 0.29) is 18.4 Å². The number of ether oxygens (including phenoxy) is 2. The summed E-state index contributed by atoms with van der Waals surface area (Å²) in [6.07, 6.45) is 2.22. The molecule has 1 fully saturated rings. The fourth-order valence-electron chi connectivity index (χ4n) is 3.37. The molecular weight excluding hydrogens is 396 g/mol. The maximum absolute atomic E-state index is 13.2. The molecule has 1 saturated heterocycles. The van der Waals surface area contributed by atoms with Crippen LogP contribution in [0.3, 0.4) is 0 Å². The van der Waals surface area contributed by atoms with Crippen molar-refractivity contribution in [3.63, 3.8) is 0 Å². The average Bonchev–Trinajstić information content (AvgIpc) is 3.36. The first-order chi connectivity index (χ1) is 13.7. The number of thiazole rings is 1. The van der Waals surface area contributed by atoms with Crippen molar-refractivity contribution in [3.8, 4) is 5.75 Å². The smallest absolute Gasteiger partial charge is 0.233 e. The van der Waals surface area contributed by atoms with Gasteiger partial charge in [-0.05, 0) is 36.6 Å². The molecule has 0 N–H and O–H groups in total. The van der Waals surface area contributed by atoms with Gasteiger partial charge in [0.1, 0.15) is 11.3 Å². The van der Waals surface area contributed by atoms with E-state index in [0.717, 1.165) is 35.2 Å². The van der Waals surface area contributed by atoms with Crippen LogP contribution in [0.5, 0.6) is 5.75 Å². The number of amides is 1. The zero-order valence-corrected chi connectivity index (χ0v) is 17.1. The summed E-state index contributed by atoms with van der Waals surface area (Å²) in [5, 5.41) is 1.26. The maximum Gasteiger partial charge on any atom is 0.233 e. The number of rotatable bonds is 6. The van der Waals surface area contributed by atoms with Gasteiger partial charge < -0.3 is 9.47 Å².